The van der Waals surface area contributed by atoms with Crippen LogP contribution in [0.2, 0.25) is 0 Å². The van der Waals surface area contributed by atoms with Crippen molar-refractivity contribution in [1.82, 2.24) is 15.2 Å². The van der Waals surface area contributed by atoms with Gasteiger partial charge in [0.1, 0.15) is 11.3 Å². The lowest BCUT2D eigenvalue weighted by Crippen LogP contribution is -2.18. The molecule has 0 unspecified atom stereocenters. The fourth-order valence-electron chi connectivity index (χ4n) is 3.67. The van der Waals surface area contributed by atoms with Crippen molar-refractivity contribution in [2.45, 2.75) is 19.3 Å². The van der Waals surface area contributed by atoms with Crippen molar-refractivity contribution in [3.8, 4) is 0 Å². The number of carbonyl (C=O) groups excluding carboxylic acids is 1. The summed E-state index contributed by atoms with van der Waals surface area (Å²) in [5.41, 5.74) is 6.01. The van der Waals surface area contributed by atoms with Gasteiger partial charge >= 0.3 is 0 Å². The van der Waals surface area contributed by atoms with E-state index in [-0.39, 0.29) is 5.91 Å². The lowest BCUT2D eigenvalue weighted by Gasteiger charge is -2.22. The van der Waals surface area contributed by atoms with Crippen LogP contribution in [0.1, 0.15) is 40.2 Å². The van der Waals surface area contributed by atoms with Crippen LogP contribution in [0.4, 0.5) is 5.13 Å². The molecule has 0 aliphatic heterocycles. The van der Waals surface area contributed by atoms with Gasteiger partial charge in [0.15, 0.2) is 0 Å². The number of nitrogens with one attached hydrogen (secondary N) is 1. The standard InChI is InChI=1S/C21H16N4O2S/c26-20(24-21-25-22-12-28-21)18-15-7-1-2-9-17(15)23-19-13(5-3-8-16(18)19)11-14-6-4-10-27-14/h1-2,4,6-7,9-12H,3,5,8H2,(H,24,25,26)/b13-11-. The molecule has 0 bridgehead atoms. The lowest BCUT2D eigenvalue weighted by atomic mass is 9.86. The minimum atomic E-state index is -0.175. The van der Waals surface area contributed by atoms with Gasteiger partial charge in [0, 0.05) is 5.39 Å². The maximum atomic E-state index is 13.2. The molecule has 0 saturated carbocycles. The van der Waals surface area contributed by atoms with E-state index in [0.29, 0.717) is 10.7 Å². The molecule has 0 saturated heterocycles. The zero-order valence-corrected chi connectivity index (χ0v) is 15.7. The number of para-hydroxylation sites is 1. The second-order valence-electron chi connectivity index (χ2n) is 6.57. The fourth-order valence-corrected chi connectivity index (χ4v) is 4.11. The van der Waals surface area contributed by atoms with Crippen molar-refractivity contribution in [3.05, 3.63) is 70.8 Å². The Morgan fingerprint density at radius 1 is 1.18 bits per heavy atom. The number of pyridine rings is 1. The number of hydrogen-bond donors (Lipinski definition) is 1. The number of nitrogens with zero attached hydrogens (tertiary/aromatic N) is 3. The molecule has 1 aliphatic carbocycles. The minimum absolute atomic E-state index is 0.175. The Hall–Kier alpha value is -3.32. The first-order valence-electron chi connectivity index (χ1n) is 9.03. The third kappa shape index (κ3) is 2.99. The molecule has 1 aromatic carbocycles. The van der Waals surface area contributed by atoms with Crippen LogP contribution < -0.4 is 5.32 Å². The number of rotatable bonds is 3. The summed E-state index contributed by atoms with van der Waals surface area (Å²) < 4.78 is 5.49. The van der Waals surface area contributed by atoms with E-state index in [0.717, 1.165) is 52.8 Å². The zero-order chi connectivity index (χ0) is 18.9. The lowest BCUT2D eigenvalue weighted by molar-refractivity contribution is 0.102. The molecular formula is C21H16N4O2S. The van der Waals surface area contributed by atoms with Crippen LogP contribution in [0.25, 0.3) is 22.6 Å². The normalized spacial score (nSPS) is 14.9. The third-order valence-electron chi connectivity index (χ3n) is 4.84. The van der Waals surface area contributed by atoms with E-state index in [9.17, 15) is 4.79 Å². The molecule has 6 nitrogen and oxygen atoms in total. The highest BCUT2D eigenvalue weighted by Gasteiger charge is 2.25. The van der Waals surface area contributed by atoms with Crippen molar-refractivity contribution >= 4 is 44.9 Å². The predicted molar refractivity (Wildman–Crippen MR) is 109 cm³/mol. The summed E-state index contributed by atoms with van der Waals surface area (Å²) in [6.45, 7) is 0. The Labute approximate surface area is 164 Å². The second-order valence-corrected chi connectivity index (χ2v) is 7.40. The van der Waals surface area contributed by atoms with Gasteiger partial charge < -0.3 is 4.42 Å². The molecule has 0 fully saturated rings. The number of aromatic nitrogens is 3. The van der Waals surface area contributed by atoms with Crippen molar-refractivity contribution < 1.29 is 9.21 Å². The van der Waals surface area contributed by atoms with Crippen LogP contribution in [-0.2, 0) is 6.42 Å². The average Bonchev–Trinajstić information content (AvgIpc) is 3.41. The molecule has 3 heterocycles. The summed E-state index contributed by atoms with van der Waals surface area (Å²) >= 11 is 1.30. The summed E-state index contributed by atoms with van der Waals surface area (Å²) in [5, 5.41) is 11.9. The maximum Gasteiger partial charge on any atom is 0.258 e. The van der Waals surface area contributed by atoms with Gasteiger partial charge in [-0.3, -0.25) is 10.1 Å². The molecule has 7 heteroatoms. The first-order chi connectivity index (χ1) is 13.8. The van der Waals surface area contributed by atoms with Gasteiger partial charge in [-0.2, -0.15) is 0 Å². The molecule has 1 N–H and O–H groups in total. The van der Waals surface area contributed by atoms with Gasteiger partial charge in [-0.05, 0) is 54.7 Å². The number of benzene rings is 1. The van der Waals surface area contributed by atoms with Gasteiger partial charge in [-0.25, -0.2) is 4.98 Å². The molecule has 1 amide bonds. The summed E-state index contributed by atoms with van der Waals surface area (Å²) in [4.78, 5) is 18.1. The van der Waals surface area contributed by atoms with E-state index in [2.05, 4.69) is 15.5 Å². The largest absolute Gasteiger partial charge is 0.465 e. The molecule has 0 spiro atoms. The Morgan fingerprint density at radius 3 is 2.93 bits per heavy atom. The third-order valence-corrected chi connectivity index (χ3v) is 5.44. The monoisotopic (exact) mass is 388 g/mol. The first kappa shape index (κ1) is 16.8. The van der Waals surface area contributed by atoms with E-state index in [1.165, 1.54) is 11.3 Å². The molecule has 28 heavy (non-hydrogen) atoms. The Kier molecular flexibility index (Phi) is 4.21. The van der Waals surface area contributed by atoms with Crippen LogP contribution in [-0.4, -0.2) is 21.1 Å². The summed E-state index contributed by atoms with van der Waals surface area (Å²) in [6, 6.07) is 11.5. The molecular weight excluding hydrogens is 372 g/mol. The van der Waals surface area contributed by atoms with Crippen LogP contribution in [0.3, 0.4) is 0 Å². The van der Waals surface area contributed by atoms with Crippen LogP contribution >= 0.6 is 11.3 Å². The van der Waals surface area contributed by atoms with Crippen molar-refractivity contribution in [1.29, 1.82) is 0 Å². The van der Waals surface area contributed by atoms with E-state index in [4.69, 9.17) is 9.40 Å². The van der Waals surface area contributed by atoms with E-state index < -0.39 is 0 Å². The number of fused-ring (bicyclic) bond motifs is 2. The fraction of sp³-hybridized carbons (Fsp3) is 0.143. The van der Waals surface area contributed by atoms with Crippen LogP contribution in [0, 0.1) is 0 Å². The quantitative estimate of drug-likeness (QED) is 0.545. The SMILES string of the molecule is O=C(Nc1nncs1)c1c2c(nc3ccccc13)/C(=C\c1ccco1)CCC2. The van der Waals surface area contributed by atoms with Gasteiger partial charge in [-0.15, -0.1) is 10.2 Å². The highest BCUT2D eigenvalue weighted by molar-refractivity contribution is 7.13. The number of anilines is 1. The molecule has 0 atom stereocenters. The Balaban J connectivity index is 1.70. The van der Waals surface area contributed by atoms with Crippen molar-refractivity contribution in [2.24, 2.45) is 0 Å². The van der Waals surface area contributed by atoms with Gasteiger partial charge in [0.05, 0.1) is 23.0 Å². The number of allylic oxidation sites excluding steroid dienone is 1. The van der Waals surface area contributed by atoms with Gasteiger partial charge in [-0.1, -0.05) is 29.5 Å². The molecule has 3 aromatic heterocycles. The highest BCUT2D eigenvalue weighted by Crippen LogP contribution is 2.36. The first-order valence-corrected chi connectivity index (χ1v) is 9.91. The molecule has 1 aliphatic rings. The minimum Gasteiger partial charge on any atom is -0.465 e. The van der Waals surface area contributed by atoms with Crippen molar-refractivity contribution in [3.63, 3.8) is 0 Å². The van der Waals surface area contributed by atoms with E-state index >= 15 is 0 Å². The maximum absolute atomic E-state index is 13.2. The number of hydrogen-bond acceptors (Lipinski definition) is 6. The van der Waals surface area contributed by atoms with Gasteiger partial charge in [0.2, 0.25) is 5.13 Å². The number of amides is 1. The van der Waals surface area contributed by atoms with E-state index in [1.807, 2.05) is 42.5 Å². The predicted octanol–water partition coefficient (Wildman–Crippen LogP) is 4.81. The van der Waals surface area contributed by atoms with Gasteiger partial charge in [0.25, 0.3) is 5.91 Å². The van der Waals surface area contributed by atoms with Crippen molar-refractivity contribution in [2.75, 3.05) is 5.32 Å². The topological polar surface area (TPSA) is 80.9 Å². The smallest absolute Gasteiger partial charge is 0.258 e. The van der Waals surface area contributed by atoms with E-state index in [1.54, 1.807) is 11.8 Å². The number of furan rings is 1. The summed E-state index contributed by atoms with van der Waals surface area (Å²) in [7, 11) is 0. The Morgan fingerprint density at radius 2 is 2.11 bits per heavy atom. The Bertz CT molecular complexity index is 1180. The molecule has 5 rings (SSSR count). The second kappa shape index (κ2) is 7.01. The molecule has 0 radical (unpaired) electrons. The summed E-state index contributed by atoms with van der Waals surface area (Å²) in [6.07, 6.45) is 6.34. The average molecular weight is 388 g/mol. The number of carbonyl (C=O) groups is 1. The van der Waals surface area contributed by atoms with Crippen LogP contribution in [0.15, 0.2) is 52.6 Å². The molecule has 4 aromatic rings. The highest BCUT2D eigenvalue weighted by atomic mass is 32.1. The van der Waals surface area contributed by atoms with Crippen LogP contribution in [0.5, 0.6) is 0 Å². The zero-order valence-electron chi connectivity index (χ0n) is 14.9. The molecule has 138 valence electrons. The summed E-state index contributed by atoms with van der Waals surface area (Å²) in [5.74, 6) is 0.614.